The Labute approximate surface area is 230 Å². The molecule has 12 heteroatoms. The van der Waals surface area contributed by atoms with Gasteiger partial charge in [0.05, 0.1) is 25.2 Å². The molecule has 216 valence electrons. The first-order chi connectivity index (χ1) is 18.5. The lowest BCUT2D eigenvalue weighted by Crippen LogP contribution is -2.44. The van der Waals surface area contributed by atoms with Gasteiger partial charge in [-0.1, -0.05) is 0 Å². The van der Waals surface area contributed by atoms with E-state index in [9.17, 15) is 9.59 Å². The minimum Gasteiger partial charge on any atom is -0.444 e. The Hall–Kier alpha value is -3.28. The van der Waals surface area contributed by atoms with Crippen LogP contribution in [-0.4, -0.2) is 101 Å². The van der Waals surface area contributed by atoms with E-state index in [4.69, 9.17) is 19.2 Å². The number of fused-ring (bicyclic) bond motifs is 1. The molecule has 2 aliphatic heterocycles. The maximum absolute atomic E-state index is 12.8. The van der Waals surface area contributed by atoms with Crippen molar-refractivity contribution in [2.45, 2.75) is 77.7 Å². The Kier molecular flexibility index (Phi) is 9.04. The molecule has 0 spiro atoms. The molecule has 4 rings (SSSR count). The second-order valence-corrected chi connectivity index (χ2v) is 11.5. The monoisotopic (exact) mass is 545 g/mol. The molecule has 0 unspecified atom stereocenters. The second kappa shape index (κ2) is 12.3. The molecule has 2 N–H and O–H groups in total. The van der Waals surface area contributed by atoms with E-state index in [1.807, 2.05) is 33.2 Å². The van der Waals surface area contributed by atoms with Crippen LogP contribution in [0, 0.1) is 0 Å². The van der Waals surface area contributed by atoms with Crippen LogP contribution in [0.1, 0.15) is 59.9 Å². The standard InChI is InChI=1S/C27H43N7O5/c1-18(2)34-17-29-23-21(15-22(31-24(23)34)28-10-14-37-6)30-19-7-11-32(12-8-19)25(35)38-20-9-13-33(16-20)26(36)39-27(3,4)5/h15,17-20H,7-14,16H2,1-6H3,(H2,28,30,31)/t20-/m0/s1. The molecule has 12 nitrogen and oxygen atoms in total. The molecule has 0 radical (unpaired) electrons. The zero-order chi connectivity index (χ0) is 28.2. The highest BCUT2D eigenvalue weighted by Gasteiger charge is 2.33. The fraction of sp³-hybridized carbons (Fsp3) is 0.704. The summed E-state index contributed by atoms with van der Waals surface area (Å²) in [6, 6.07) is 2.41. The lowest BCUT2D eigenvalue weighted by molar-refractivity contribution is 0.0235. The summed E-state index contributed by atoms with van der Waals surface area (Å²) in [5, 5.41) is 6.98. The van der Waals surface area contributed by atoms with E-state index in [0.29, 0.717) is 45.8 Å². The van der Waals surface area contributed by atoms with Gasteiger partial charge in [-0.15, -0.1) is 0 Å². The van der Waals surface area contributed by atoms with Crippen LogP contribution in [0.4, 0.5) is 21.1 Å². The highest BCUT2D eigenvalue weighted by molar-refractivity contribution is 5.88. The molecule has 0 bridgehead atoms. The summed E-state index contributed by atoms with van der Waals surface area (Å²) in [5.74, 6) is 0.766. The predicted molar refractivity (Wildman–Crippen MR) is 149 cm³/mol. The van der Waals surface area contributed by atoms with Gasteiger partial charge in [-0.25, -0.2) is 19.6 Å². The van der Waals surface area contributed by atoms with Crippen LogP contribution in [0.15, 0.2) is 12.4 Å². The molecule has 2 saturated heterocycles. The number of hydrogen-bond acceptors (Lipinski definition) is 9. The topological polar surface area (TPSA) is 123 Å². The van der Waals surface area contributed by atoms with Crippen molar-refractivity contribution in [3.05, 3.63) is 12.4 Å². The maximum Gasteiger partial charge on any atom is 0.410 e. The van der Waals surface area contributed by atoms with Gasteiger partial charge in [0, 0.05) is 57.9 Å². The van der Waals surface area contributed by atoms with E-state index in [2.05, 4.69) is 34.0 Å². The Morgan fingerprint density at radius 1 is 1.10 bits per heavy atom. The van der Waals surface area contributed by atoms with Gasteiger partial charge in [0.1, 0.15) is 23.0 Å². The van der Waals surface area contributed by atoms with Crippen LogP contribution in [0.5, 0.6) is 0 Å². The number of pyridine rings is 1. The second-order valence-electron chi connectivity index (χ2n) is 11.5. The average molecular weight is 546 g/mol. The third kappa shape index (κ3) is 7.43. The van der Waals surface area contributed by atoms with E-state index in [1.54, 1.807) is 16.9 Å². The molecule has 0 aromatic carbocycles. The molecule has 2 aromatic rings. The van der Waals surface area contributed by atoms with Crippen LogP contribution in [0.3, 0.4) is 0 Å². The SMILES string of the molecule is COCCNc1cc(NC2CCN(C(=O)O[C@H]3CCN(C(=O)OC(C)(C)C)C3)CC2)c2ncn(C(C)C)c2n1. The molecular weight excluding hydrogens is 502 g/mol. The van der Waals surface area contributed by atoms with Crippen molar-refractivity contribution in [1.29, 1.82) is 0 Å². The molecular formula is C27H43N7O5. The van der Waals surface area contributed by atoms with Gasteiger partial charge in [-0.3, -0.25) is 0 Å². The van der Waals surface area contributed by atoms with Crippen molar-refractivity contribution in [1.82, 2.24) is 24.3 Å². The largest absolute Gasteiger partial charge is 0.444 e. The van der Waals surface area contributed by atoms with E-state index >= 15 is 0 Å². The molecule has 4 heterocycles. The van der Waals surface area contributed by atoms with Crippen LogP contribution in [-0.2, 0) is 14.2 Å². The minimum absolute atomic E-state index is 0.185. The molecule has 2 aliphatic rings. The first-order valence-corrected chi connectivity index (χ1v) is 13.8. The number of hydrogen-bond donors (Lipinski definition) is 2. The van der Waals surface area contributed by atoms with E-state index in [-0.39, 0.29) is 30.4 Å². The maximum atomic E-state index is 12.8. The summed E-state index contributed by atoms with van der Waals surface area (Å²) < 4.78 is 18.4. The van der Waals surface area contributed by atoms with Crippen molar-refractivity contribution in [2.75, 3.05) is 57.1 Å². The number of imidazole rings is 1. The number of carbonyl (C=O) groups excluding carboxylic acids is 2. The number of likely N-dealkylation sites (tertiary alicyclic amines) is 2. The lowest BCUT2D eigenvalue weighted by atomic mass is 10.0. The van der Waals surface area contributed by atoms with Gasteiger partial charge in [0.2, 0.25) is 0 Å². The first kappa shape index (κ1) is 28.7. The van der Waals surface area contributed by atoms with Gasteiger partial charge in [0.15, 0.2) is 5.65 Å². The molecule has 2 amide bonds. The Morgan fingerprint density at radius 3 is 2.49 bits per heavy atom. The van der Waals surface area contributed by atoms with Gasteiger partial charge in [-0.2, -0.15) is 0 Å². The number of anilines is 2. The Bertz CT molecular complexity index is 1140. The zero-order valence-electron chi connectivity index (χ0n) is 24.0. The summed E-state index contributed by atoms with van der Waals surface area (Å²) in [6.07, 6.45) is 3.01. The fourth-order valence-corrected chi connectivity index (χ4v) is 4.83. The smallest absolute Gasteiger partial charge is 0.410 e. The van der Waals surface area contributed by atoms with Crippen molar-refractivity contribution >= 4 is 34.9 Å². The number of piperidine rings is 1. The third-order valence-electron chi connectivity index (χ3n) is 6.88. The first-order valence-electron chi connectivity index (χ1n) is 13.8. The summed E-state index contributed by atoms with van der Waals surface area (Å²) in [4.78, 5) is 37.9. The number of rotatable bonds is 8. The summed E-state index contributed by atoms with van der Waals surface area (Å²) in [7, 11) is 1.67. The molecule has 2 aromatic heterocycles. The highest BCUT2D eigenvalue weighted by Crippen LogP contribution is 2.28. The van der Waals surface area contributed by atoms with Gasteiger partial charge < -0.3 is 39.2 Å². The average Bonchev–Trinajstić information content (AvgIpc) is 3.51. The van der Waals surface area contributed by atoms with E-state index in [1.165, 1.54) is 0 Å². The molecule has 2 fully saturated rings. The van der Waals surface area contributed by atoms with Crippen LogP contribution >= 0.6 is 0 Å². The van der Waals surface area contributed by atoms with Crippen molar-refractivity contribution in [2.24, 2.45) is 0 Å². The van der Waals surface area contributed by atoms with Crippen LogP contribution in [0.2, 0.25) is 0 Å². The number of methoxy groups -OCH3 is 1. The molecule has 1 atom stereocenters. The van der Waals surface area contributed by atoms with Crippen LogP contribution < -0.4 is 10.6 Å². The van der Waals surface area contributed by atoms with Gasteiger partial charge in [0.25, 0.3) is 0 Å². The van der Waals surface area contributed by atoms with Crippen molar-refractivity contribution in [3.8, 4) is 0 Å². The molecule has 0 saturated carbocycles. The molecule has 39 heavy (non-hydrogen) atoms. The fourth-order valence-electron chi connectivity index (χ4n) is 4.83. The number of ether oxygens (including phenoxy) is 3. The van der Waals surface area contributed by atoms with Gasteiger partial charge >= 0.3 is 12.2 Å². The molecule has 0 aliphatic carbocycles. The lowest BCUT2D eigenvalue weighted by Gasteiger charge is -2.33. The minimum atomic E-state index is -0.553. The van der Waals surface area contributed by atoms with Crippen LogP contribution in [0.25, 0.3) is 11.2 Å². The Morgan fingerprint density at radius 2 is 1.82 bits per heavy atom. The zero-order valence-corrected chi connectivity index (χ0v) is 24.0. The van der Waals surface area contributed by atoms with E-state index < -0.39 is 5.60 Å². The van der Waals surface area contributed by atoms with E-state index in [0.717, 1.165) is 35.5 Å². The summed E-state index contributed by atoms with van der Waals surface area (Å²) in [6.45, 7) is 13.0. The van der Waals surface area contributed by atoms with Crippen molar-refractivity contribution < 1.29 is 23.8 Å². The number of nitrogens with one attached hydrogen (secondary N) is 2. The predicted octanol–water partition coefficient (Wildman–Crippen LogP) is 4.09. The summed E-state index contributed by atoms with van der Waals surface area (Å²) in [5.41, 5.74) is 2.03. The van der Waals surface area contributed by atoms with Crippen molar-refractivity contribution in [3.63, 3.8) is 0 Å². The number of carbonyl (C=O) groups is 2. The third-order valence-corrected chi connectivity index (χ3v) is 6.88. The highest BCUT2D eigenvalue weighted by atomic mass is 16.6. The van der Waals surface area contributed by atoms with Gasteiger partial charge in [-0.05, 0) is 47.5 Å². The quantitative estimate of drug-likeness (QED) is 0.472. The normalized spacial score (nSPS) is 18.6. The number of amides is 2. The summed E-state index contributed by atoms with van der Waals surface area (Å²) >= 11 is 0. The Balaban J connectivity index is 1.32. The number of aromatic nitrogens is 3. The number of nitrogens with zero attached hydrogens (tertiary/aromatic N) is 5.